The van der Waals surface area contributed by atoms with Crippen LogP contribution in [0.3, 0.4) is 0 Å². The number of hydrogen-bond donors (Lipinski definition) is 0. The highest BCUT2D eigenvalue weighted by molar-refractivity contribution is 6.30. The number of likely N-dealkylation sites (tertiary alicyclic amines) is 1. The van der Waals surface area contributed by atoms with Crippen LogP contribution < -0.4 is 0 Å². The summed E-state index contributed by atoms with van der Waals surface area (Å²) in [6.07, 6.45) is 2.54. The summed E-state index contributed by atoms with van der Waals surface area (Å²) < 4.78 is 0. The Morgan fingerprint density at radius 2 is 2.05 bits per heavy atom. The third-order valence-electron chi connectivity index (χ3n) is 4.24. The van der Waals surface area contributed by atoms with Crippen LogP contribution in [0.2, 0.25) is 5.02 Å². The van der Waals surface area contributed by atoms with Crippen LogP contribution in [0.15, 0.2) is 48.5 Å². The van der Waals surface area contributed by atoms with E-state index in [1.807, 2.05) is 29.2 Å². The summed E-state index contributed by atoms with van der Waals surface area (Å²) in [5, 5.41) is 0.682. The predicted octanol–water partition coefficient (Wildman–Crippen LogP) is 4.55. The summed E-state index contributed by atoms with van der Waals surface area (Å²) in [5.74, 6) is 0.186. The van der Waals surface area contributed by atoms with Crippen molar-refractivity contribution < 1.29 is 4.79 Å². The van der Waals surface area contributed by atoms with Gasteiger partial charge in [0.25, 0.3) is 0 Å². The van der Waals surface area contributed by atoms with Crippen molar-refractivity contribution in [2.24, 2.45) is 0 Å². The molecule has 22 heavy (non-hydrogen) atoms. The molecular formula is C19H20ClNO. The highest BCUT2D eigenvalue weighted by atomic mass is 35.5. The maximum atomic E-state index is 12.7. The topological polar surface area (TPSA) is 20.3 Å². The summed E-state index contributed by atoms with van der Waals surface area (Å²) in [6.45, 7) is 2.94. The molecular weight excluding hydrogens is 294 g/mol. The monoisotopic (exact) mass is 313 g/mol. The molecule has 1 aliphatic heterocycles. The molecule has 0 aromatic heterocycles. The summed E-state index contributed by atoms with van der Waals surface area (Å²) in [6, 6.07) is 16.3. The highest BCUT2D eigenvalue weighted by Gasteiger charge is 2.29. The Labute approximate surface area is 136 Å². The molecule has 1 saturated heterocycles. The quantitative estimate of drug-likeness (QED) is 0.813. The maximum Gasteiger partial charge on any atom is 0.227 e. The molecule has 2 nitrogen and oxygen atoms in total. The first kappa shape index (κ1) is 15.1. The molecule has 3 heteroatoms. The largest absolute Gasteiger partial charge is 0.335 e. The fourth-order valence-corrected chi connectivity index (χ4v) is 3.43. The Balaban J connectivity index is 1.76. The van der Waals surface area contributed by atoms with Crippen molar-refractivity contribution in [1.82, 2.24) is 4.90 Å². The van der Waals surface area contributed by atoms with E-state index in [4.69, 9.17) is 11.6 Å². The van der Waals surface area contributed by atoms with Crippen LogP contribution >= 0.6 is 11.6 Å². The van der Waals surface area contributed by atoms with Crippen LogP contribution in [0.1, 0.15) is 35.6 Å². The van der Waals surface area contributed by atoms with Crippen LogP contribution in [0.4, 0.5) is 0 Å². The van der Waals surface area contributed by atoms with Crippen LogP contribution in [-0.2, 0) is 11.2 Å². The Morgan fingerprint density at radius 3 is 2.82 bits per heavy atom. The van der Waals surface area contributed by atoms with Gasteiger partial charge in [-0.05, 0) is 43.0 Å². The summed E-state index contributed by atoms with van der Waals surface area (Å²) >= 11 is 6.01. The van der Waals surface area contributed by atoms with Crippen molar-refractivity contribution in [3.05, 3.63) is 70.2 Å². The zero-order valence-electron chi connectivity index (χ0n) is 12.8. The molecule has 1 atom stereocenters. The number of nitrogens with zero attached hydrogens (tertiary/aromatic N) is 1. The van der Waals surface area contributed by atoms with E-state index in [2.05, 4.69) is 31.2 Å². The number of carbonyl (C=O) groups is 1. The zero-order valence-corrected chi connectivity index (χ0v) is 13.5. The van der Waals surface area contributed by atoms with Crippen LogP contribution in [0, 0.1) is 6.92 Å². The molecule has 0 aliphatic carbocycles. The molecule has 114 valence electrons. The van der Waals surface area contributed by atoms with Crippen LogP contribution in [0.25, 0.3) is 0 Å². The van der Waals surface area contributed by atoms with Gasteiger partial charge in [0.15, 0.2) is 0 Å². The van der Waals surface area contributed by atoms with Gasteiger partial charge in [0.05, 0.1) is 12.5 Å². The zero-order chi connectivity index (χ0) is 15.5. The predicted molar refractivity (Wildman–Crippen MR) is 90.0 cm³/mol. The lowest BCUT2D eigenvalue weighted by atomic mass is 10.0. The van der Waals surface area contributed by atoms with E-state index >= 15 is 0 Å². The number of carbonyl (C=O) groups excluding carboxylic acids is 1. The number of rotatable bonds is 3. The first-order valence-corrected chi connectivity index (χ1v) is 8.12. The van der Waals surface area contributed by atoms with Gasteiger partial charge in [-0.25, -0.2) is 0 Å². The molecule has 2 aromatic carbocycles. The normalized spacial score (nSPS) is 17.7. The number of hydrogen-bond acceptors (Lipinski definition) is 1. The van der Waals surface area contributed by atoms with Gasteiger partial charge in [-0.15, -0.1) is 0 Å². The van der Waals surface area contributed by atoms with E-state index in [-0.39, 0.29) is 11.9 Å². The second-order valence-electron chi connectivity index (χ2n) is 5.97. The summed E-state index contributed by atoms with van der Waals surface area (Å²) in [7, 11) is 0. The Bertz CT molecular complexity index is 683. The molecule has 3 rings (SSSR count). The average Bonchev–Trinajstić information content (AvgIpc) is 2.97. The minimum absolute atomic E-state index is 0.186. The molecule has 1 unspecified atom stereocenters. The summed E-state index contributed by atoms with van der Waals surface area (Å²) in [5.41, 5.74) is 3.47. The van der Waals surface area contributed by atoms with Crippen molar-refractivity contribution in [2.75, 3.05) is 6.54 Å². The third-order valence-corrected chi connectivity index (χ3v) is 4.48. The molecule has 0 spiro atoms. The third kappa shape index (κ3) is 3.33. The fraction of sp³-hybridized carbons (Fsp3) is 0.316. The van der Waals surface area contributed by atoms with Crippen molar-refractivity contribution in [1.29, 1.82) is 0 Å². The first-order chi connectivity index (χ1) is 10.6. The molecule has 0 saturated carbocycles. The molecule has 1 fully saturated rings. The van der Waals surface area contributed by atoms with E-state index in [0.717, 1.165) is 24.9 Å². The smallest absolute Gasteiger partial charge is 0.227 e. The number of halogens is 1. The molecule has 0 radical (unpaired) electrons. The van der Waals surface area contributed by atoms with Crippen molar-refractivity contribution in [3.63, 3.8) is 0 Å². The van der Waals surface area contributed by atoms with Gasteiger partial charge in [-0.3, -0.25) is 4.79 Å². The van der Waals surface area contributed by atoms with Gasteiger partial charge in [0, 0.05) is 11.6 Å². The van der Waals surface area contributed by atoms with Crippen molar-refractivity contribution in [2.45, 2.75) is 32.2 Å². The van der Waals surface area contributed by atoms with E-state index in [0.29, 0.717) is 11.4 Å². The molecule has 1 aliphatic rings. The molecule has 0 N–H and O–H groups in total. The minimum Gasteiger partial charge on any atom is -0.335 e. The van der Waals surface area contributed by atoms with Crippen molar-refractivity contribution in [3.8, 4) is 0 Å². The number of aryl methyl sites for hydroxylation is 1. The second-order valence-corrected chi connectivity index (χ2v) is 6.40. The second kappa shape index (κ2) is 6.53. The fourth-order valence-electron chi connectivity index (χ4n) is 3.21. The maximum absolute atomic E-state index is 12.7. The SMILES string of the molecule is Cc1cccc(C2CCCN2C(=O)Cc2cccc(Cl)c2)c1. The van der Waals surface area contributed by atoms with Crippen LogP contribution in [0.5, 0.6) is 0 Å². The number of amides is 1. The standard InChI is InChI=1S/C19H20ClNO/c1-14-5-2-7-16(11-14)18-9-4-10-21(18)19(22)13-15-6-3-8-17(20)12-15/h2-3,5-8,11-12,18H,4,9-10,13H2,1H3. The number of benzene rings is 2. The van der Waals surface area contributed by atoms with Gasteiger partial charge in [-0.1, -0.05) is 53.6 Å². The minimum atomic E-state index is 0.186. The van der Waals surface area contributed by atoms with E-state index < -0.39 is 0 Å². The lowest BCUT2D eigenvalue weighted by molar-refractivity contribution is -0.131. The van der Waals surface area contributed by atoms with Gasteiger partial charge >= 0.3 is 0 Å². The Morgan fingerprint density at radius 1 is 1.23 bits per heavy atom. The van der Waals surface area contributed by atoms with Crippen LogP contribution in [-0.4, -0.2) is 17.4 Å². The molecule has 0 bridgehead atoms. The summed E-state index contributed by atoms with van der Waals surface area (Å²) in [4.78, 5) is 14.7. The van der Waals surface area contributed by atoms with Gasteiger partial charge in [-0.2, -0.15) is 0 Å². The first-order valence-electron chi connectivity index (χ1n) is 7.74. The van der Waals surface area contributed by atoms with E-state index in [1.54, 1.807) is 0 Å². The molecule has 1 amide bonds. The van der Waals surface area contributed by atoms with E-state index in [9.17, 15) is 4.79 Å². The lowest BCUT2D eigenvalue weighted by Gasteiger charge is -2.25. The molecule has 1 heterocycles. The Hall–Kier alpha value is -1.80. The van der Waals surface area contributed by atoms with Crippen molar-refractivity contribution >= 4 is 17.5 Å². The molecule has 2 aromatic rings. The Kier molecular flexibility index (Phi) is 4.49. The van der Waals surface area contributed by atoms with Gasteiger partial charge < -0.3 is 4.90 Å². The lowest BCUT2D eigenvalue weighted by Crippen LogP contribution is -2.31. The van der Waals surface area contributed by atoms with Gasteiger partial charge in [0.1, 0.15) is 0 Å². The average molecular weight is 314 g/mol. The van der Waals surface area contributed by atoms with Gasteiger partial charge in [0.2, 0.25) is 5.91 Å². The highest BCUT2D eigenvalue weighted by Crippen LogP contribution is 2.32. The van der Waals surface area contributed by atoms with E-state index in [1.165, 1.54) is 11.1 Å².